The molecule has 0 unspecified atom stereocenters. The highest BCUT2D eigenvalue weighted by Gasteiger charge is 2.51. The maximum absolute atomic E-state index is 10.1. The van der Waals surface area contributed by atoms with E-state index in [2.05, 4.69) is 15.3 Å². The molecule has 0 aliphatic heterocycles. The maximum atomic E-state index is 10.1. The van der Waals surface area contributed by atoms with Crippen LogP contribution in [0, 0.1) is 17.8 Å². The third-order valence-electron chi connectivity index (χ3n) is 5.75. The highest BCUT2D eigenvalue weighted by molar-refractivity contribution is 6.05. The van der Waals surface area contributed by atoms with Crippen LogP contribution in [0.25, 0.3) is 22.1 Å². The summed E-state index contributed by atoms with van der Waals surface area (Å²) >= 11 is 0. The zero-order valence-electron chi connectivity index (χ0n) is 13.1. The molecule has 6 heteroatoms. The lowest BCUT2D eigenvalue weighted by atomic mass is 9.85. The molecular weight excluding hydrogens is 306 g/mol. The number of benzene rings is 1. The fraction of sp³-hybridized carbons (Fsp3) is 0.444. The van der Waals surface area contributed by atoms with Gasteiger partial charge in [-0.25, -0.2) is 9.97 Å². The highest BCUT2D eigenvalue weighted by Crippen LogP contribution is 2.48. The molecule has 5 atom stereocenters. The van der Waals surface area contributed by atoms with E-state index in [1.54, 1.807) is 6.33 Å². The standard InChI is InChI=1S/C18H19N3O3/c22-15-9-5-10(12(6-9)16(15)23)7-19-18-17-14(20-8-21-18)11-3-1-2-4-13(11)24-17/h1-4,8-10,12,15-16,22-23H,5-7H2,(H,19,20,21)/t9-,10-,12-,15+,16-/m1/s1. The van der Waals surface area contributed by atoms with E-state index in [9.17, 15) is 10.2 Å². The zero-order valence-corrected chi connectivity index (χ0v) is 13.1. The second kappa shape index (κ2) is 5.16. The van der Waals surface area contributed by atoms with Crippen molar-refractivity contribution < 1.29 is 14.6 Å². The number of aromatic nitrogens is 2. The monoisotopic (exact) mass is 325 g/mol. The quantitative estimate of drug-likeness (QED) is 0.683. The van der Waals surface area contributed by atoms with Gasteiger partial charge in [0.15, 0.2) is 11.4 Å². The van der Waals surface area contributed by atoms with Gasteiger partial charge >= 0.3 is 0 Å². The molecule has 5 rings (SSSR count). The van der Waals surface area contributed by atoms with Gasteiger partial charge in [0.1, 0.15) is 17.4 Å². The molecule has 2 aliphatic carbocycles. The predicted molar refractivity (Wildman–Crippen MR) is 89.5 cm³/mol. The molecule has 6 nitrogen and oxygen atoms in total. The van der Waals surface area contributed by atoms with Crippen molar-refractivity contribution in [1.29, 1.82) is 0 Å². The van der Waals surface area contributed by atoms with Crippen LogP contribution in [0.3, 0.4) is 0 Å². The number of aliphatic hydroxyl groups excluding tert-OH is 2. The van der Waals surface area contributed by atoms with Crippen LogP contribution < -0.4 is 5.32 Å². The van der Waals surface area contributed by atoms with Gasteiger partial charge in [-0.15, -0.1) is 0 Å². The topological polar surface area (TPSA) is 91.4 Å². The average Bonchev–Trinajstić information content (AvgIpc) is 3.26. The molecule has 2 saturated carbocycles. The van der Waals surface area contributed by atoms with Crippen molar-refractivity contribution >= 4 is 27.9 Å². The van der Waals surface area contributed by atoms with Crippen molar-refractivity contribution in [3.8, 4) is 0 Å². The molecular formula is C18H19N3O3. The van der Waals surface area contributed by atoms with Gasteiger partial charge in [0.05, 0.1) is 12.2 Å². The maximum Gasteiger partial charge on any atom is 0.196 e. The van der Waals surface area contributed by atoms with E-state index in [0.717, 1.165) is 29.3 Å². The number of nitrogens with zero attached hydrogens (tertiary/aromatic N) is 2. The van der Waals surface area contributed by atoms with Crippen molar-refractivity contribution in [2.24, 2.45) is 17.8 Å². The molecule has 2 bridgehead atoms. The summed E-state index contributed by atoms with van der Waals surface area (Å²) in [4.78, 5) is 8.68. The molecule has 0 amide bonds. The van der Waals surface area contributed by atoms with Gasteiger partial charge in [-0.1, -0.05) is 12.1 Å². The summed E-state index contributed by atoms with van der Waals surface area (Å²) in [6, 6.07) is 7.82. The summed E-state index contributed by atoms with van der Waals surface area (Å²) in [6.07, 6.45) is 2.27. The van der Waals surface area contributed by atoms with Gasteiger partial charge in [0, 0.05) is 11.9 Å². The number of anilines is 1. The minimum absolute atomic E-state index is 0.172. The Bertz CT molecular complexity index is 907. The molecule has 2 heterocycles. The van der Waals surface area contributed by atoms with Gasteiger partial charge in [-0.3, -0.25) is 0 Å². The molecule has 3 aromatic rings. The minimum atomic E-state index is -0.591. The number of fused-ring (bicyclic) bond motifs is 5. The van der Waals surface area contributed by atoms with Gasteiger partial charge < -0.3 is 19.9 Å². The number of para-hydroxylation sites is 1. The van der Waals surface area contributed by atoms with Gasteiger partial charge in [-0.05, 0) is 42.7 Å². The Kier molecular flexibility index (Phi) is 3.05. The van der Waals surface area contributed by atoms with Crippen LogP contribution in [-0.4, -0.2) is 38.9 Å². The third kappa shape index (κ3) is 1.96. The molecule has 3 N–H and O–H groups in total. The first-order valence-corrected chi connectivity index (χ1v) is 8.44. The summed E-state index contributed by atoms with van der Waals surface area (Å²) in [5.41, 5.74) is 2.28. The molecule has 0 saturated heterocycles. The molecule has 124 valence electrons. The summed E-state index contributed by atoms with van der Waals surface area (Å²) in [7, 11) is 0. The Labute approximate surface area is 138 Å². The molecule has 24 heavy (non-hydrogen) atoms. The van der Waals surface area contributed by atoms with Crippen LogP contribution in [0.4, 0.5) is 5.82 Å². The van der Waals surface area contributed by atoms with Crippen molar-refractivity contribution in [3.63, 3.8) is 0 Å². The Morgan fingerprint density at radius 2 is 2.00 bits per heavy atom. The van der Waals surface area contributed by atoms with Crippen LogP contribution in [0.1, 0.15) is 12.8 Å². The van der Waals surface area contributed by atoms with E-state index in [1.807, 2.05) is 24.3 Å². The predicted octanol–water partition coefficient (Wildman–Crippen LogP) is 2.17. The normalized spacial score (nSPS) is 32.0. The van der Waals surface area contributed by atoms with E-state index in [4.69, 9.17) is 4.42 Å². The Morgan fingerprint density at radius 3 is 2.83 bits per heavy atom. The molecule has 2 aromatic heterocycles. The number of hydrogen-bond donors (Lipinski definition) is 3. The summed E-state index contributed by atoms with van der Waals surface area (Å²) in [6.45, 7) is 0.716. The Morgan fingerprint density at radius 1 is 1.12 bits per heavy atom. The fourth-order valence-corrected chi connectivity index (χ4v) is 4.54. The van der Waals surface area contributed by atoms with E-state index in [1.165, 1.54) is 0 Å². The number of nitrogens with one attached hydrogen (secondary N) is 1. The number of furan rings is 1. The molecule has 2 fully saturated rings. The van der Waals surface area contributed by atoms with Crippen LogP contribution in [0.5, 0.6) is 0 Å². The number of hydrogen-bond acceptors (Lipinski definition) is 6. The zero-order chi connectivity index (χ0) is 16.3. The summed E-state index contributed by atoms with van der Waals surface area (Å²) < 4.78 is 5.92. The largest absolute Gasteiger partial charge is 0.450 e. The van der Waals surface area contributed by atoms with Gasteiger partial charge in [-0.2, -0.15) is 0 Å². The van der Waals surface area contributed by atoms with Crippen LogP contribution in [0.15, 0.2) is 35.0 Å². The highest BCUT2D eigenvalue weighted by atomic mass is 16.3. The third-order valence-corrected chi connectivity index (χ3v) is 5.75. The van der Waals surface area contributed by atoms with Crippen LogP contribution in [0.2, 0.25) is 0 Å². The second-order valence-electron chi connectivity index (χ2n) is 7.02. The molecule has 2 aliphatic rings. The fourth-order valence-electron chi connectivity index (χ4n) is 4.54. The first-order valence-electron chi connectivity index (χ1n) is 8.44. The SMILES string of the molecule is O[C@H]1[C@@H]2C[C@H](CNc3ncnc4c3oc3ccccc34)[C@@H](C2)[C@H]1O. The van der Waals surface area contributed by atoms with E-state index in [0.29, 0.717) is 23.9 Å². The lowest BCUT2D eigenvalue weighted by Crippen LogP contribution is -2.38. The lowest BCUT2D eigenvalue weighted by molar-refractivity contribution is -0.0317. The molecule has 0 radical (unpaired) electrons. The van der Waals surface area contributed by atoms with Crippen molar-refractivity contribution in [2.45, 2.75) is 25.0 Å². The Balaban J connectivity index is 1.42. The van der Waals surface area contributed by atoms with E-state index in [-0.39, 0.29) is 11.8 Å². The molecule has 1 aromatic carbocycles. The van der Waals surface area contributed by atoms with Crippen molar-refractivity contribution in [2.75, 3.05) is 11.9 Å². The molecule has 0 spiro atoms. The van der Waals surface area contributed by atoms with Crippen molar-refractivity contribution in [1.82, 2.24) is 9.97 Å². The second-order valence-corrected chi connectivity index (χ2v) is 7.02. The van der Waals surface area contributed by atoms with Crippen LogP contribution in [-0.2, 0) is 0 Å². The summed E-state index contributed by atoms with van der Waals surface area (Å²) in [5.74, 6) is 1.44. The number of rotatable bonds is 3. The Hall–Kier alpha value is -2.18. The van der Waals surface area contributed by atoms with Gasteiger partial charge in [0.2, 0.25) is 0 Å². The smallest absolute Gasteiger partial charge is 0.196 e. The average molecular weight is 325 g/mol. The van der Waals surface area contributed by atoms with Crippen molar-refractivity contribution in [3.05, 3.63) is 30.6 Å². The van der Waals surface area contributed by atoms with Gasteiger partial charge in [0.25, 0.3) is 0 Å². The first-order chi connectivity index (χ1) is 11.7. The van der Waals surface area contributed by atoms with Crippen LogP contribution >= 0.6 is 0 Å². The van der Waals surface area contributed by atoms with E-state index < -0.39 is 12.2 Å². The summed E-state index contributed by atoms with van der Waals surface area (Å²) in [5, 5.41) is 24.4. The minimum Gasteiger partial charge on any atom is -0.450 e. The first kappa shape index (κ1) is 14.2. The van der Waals surface area contributed by atoms with E-state index >= 15 is 0 Å². The lowest BCUT2D eigenvalue weighted by Gasteiger charge is -2.29. The number of aliphatic hydroxyl groups is 2.